The normalized spacial score (nSPS) is 15.0. The predicted octanol–water partition coefficient (Wildman–Crippen LogP) is 4.01. The van der Waals surface area contributed by atoms with E-state index in [1.54, 1.807) is 9.58 Å². The van der Waals surface area contributed by atoms with Crippen molar-refractivity contribution in [3.8, 4) is 11.4 Å². The summed E-state index contributed by atoms with van der Waals surface area (Å²) in [7, 11) is 1.87. The molecule has 6 nitrogen and oxygen atoms in total. The molecule has 2 aromatic carbocycles. The summed E-state index contributed by atoms with van der Waals surface area (Å²) in [6.45, 7) is 2.64. The van der Waals surface area contributed by atoms with E-state index < -0.39 is 0 Å². The molecule has 144 valence electrons. The number of hydrogen-bond acceptors (Lipinski definition) is 4. The smallest absolute Gasteiger partial charge is 0.262 e. The van der Waals surface area contributed by atoms with Gasteiger partial charge in [-0.15, -0.1) is 0 Å². The molecule has 1 amide bonds. The largest absolute Gasteiger partial charge is 0.346 e. The van der Waals surface area contributed by atoms with E-state index in [1.165, 1.54) is 0 Å². The zero-order valence-electron chi connectivity index (χ0n) is 16.4. The van der Waals surface area contributed by atoms with Crippen molar-refractivity contribution in [2.75, 3.05) is 4.90 Å². The van der Waals surface area contributed by atoms with Gasteiger partial charge in [0.05, 0.1) is 5.69 Å². The van der Waals surface area contributed by atoms with E-state index in [4.69, 9.17) is 0 Å². The fourth-order valence-electron chi connectivity index (χ4n) is 3.91. The molecule has 3 aromatic rings. The van der Waals surface area contributed by atoms with Crippen LogP contribution in [0.2, 0.25) is 0 Å². The van der Waals surface area contributed by atoms with Gasteiger partial charge in [0.2, 0.25) is 0 Å². The number of rotatable bonds is 2. The minimum Gasteiger partial charge on any atom is -0.346 e. The van der Waals surface area contributed by atoms with Crippen molar-refractivity contribution < 1.29 is 4.79 Å². The van der Waals surface area contributed by atoms with E-state index in [1.807, 2.05) is 62.6 Å². The summed E-state index contributed by atoms with van der Waals surface area (Å²) in [6.07, 6.45) is 7.02. The van der Waals surface area contributed by atoms with Crippen molar-refractivity contribution in [2.45, 2.75) is 19.9 Å². The van der Waals surface area contributed by atoms with Crippen LogP contribution in [-0.4, -0.2) is 25.6 Å². The second kappa shape index (κ2) is 6.74. The quantitative estimate of drug-likeness (QED) is 0.671. The number of benzene rings is 2. The van der Waals surface area contributed by atoms with Gasteiger partial charge >= 0.3 is 0 Å². The van der Waals surface area contributed by atoms with Crippen LogP contribution in [0.3, 0.4) is 0 Å². The number of nitrogens with zero attached hydrogens (tertiary/aromatic N) is 5. The van der Waals surface area contributed by atoms with Gasteiger partial charge in [0.25, 0.3) is 5.91 Å². The zero-order valence-corrected chi connectivity index (χ0v) is 16.4. The molecule has 0 saturated carbocycles. The second-order valence-electron chi connectivity index (χ2n) is 7.32. The number of carbonyl (C=O) groups is 1. The maximum Gasteiger partial charge on any atom is 0.262 e. The third kappa shape index (κ3) is 3.02. The minimum atomic E-state index is -0.0422. The first-order chi connectivity index (χ1) is 14.1. The van der Waals surface area contributed by atoms with Crippen molar-refractivity contribution in [1.29, 1.82) is 0 Å². The molecule has 5 rings (SSSR count). The summed E-state index contributed by atoms with van der Waals surface area (Å²) >= 11 is 0. The third-order valence-electron chi connectivity index (χ3n) is 5.33. The predicted molar refractivity (Wildman–Crippen MR) is 112 cm³/mol. The summed E-state index contributed by atoms with van der Waals surface area (Å²) < 4.78 is 1.75. The Morgan fingerprint density at radius 2 is 1.86 bits per heavy atom. The summed E-state index contributed by atoms with van der Waals surface area (Å²) in [5, 5.41) is 4.30. The van der Waals surface area contributed by atoms with Crippen molar-refractivity contribution in [3.05, 3.63) is 89.7 Å². The fourth-order valence-corrected chi connectivity index (χ4v) is 3.91. The van der Waals surface area contributed by atoms with Gasteiger partial charge in [-0.2, -0.15) is 5.10 Å². The highest BCUT2D eigenvalue weighted by molar-refractivity contribution is 6.08. The second-order valence-corrected chi connectivity index (χ2v) is 7.32. The number of hydrogen-bond donors (Lipinski definition) is 0. The van der Waals surface area contributed by atoms with Gasteiger partial charge in [0.1, 0.15) is 5.82 Å². The molecule has 0 saturated heterocycles. The Morgan fingerprint density at radius 3 is 2.62 bits per heavy atom. The third-order valence-corrected chi connectivity index (χ3v) is 5.33. The summed E-state index contributed by atoms with van der Waals surface area (Å²) in [4.78, 5) is 21.9. The molecular weight excluding hydrogens is 362 g/mol. The van der Waals surface area contributed by atoms with E-state index in [0.717, 1.165) is 47.1 Å². The molecule has 0 radical (unpaired) electrons. The number of aromatic nitrogens is 3. The highest BCUT2D eigenvalue weighted by Gasteiger charge is 2.25. The van der Waals surface area contributed by atoms with Crippen LogP contribution in [-0.2, 0) is 13.6 Å². The van der Waals surface area contributed by atoms with Crippen LogP contribution in [0.4, 0.5) is 5.69 Å². The first kappa shape index (κ1) is 17.4. The van der Waals surface area contributed by atoms with Gasteiger partial charge in [0.15, 0.2) is 5.82 Å². The maximum absolute atomic E-state index is 13.4. The van der Waals surface area contributed by atoms with Crippen LogP contribution in [0.5, 0.6) is 0 Å². The zero-order chi connectivity index (χ0) is 20.0. The van der Waals surface area contributed by atoms with Crippen LogP contribution >= 0.6 is 0 Å². The highest BCUT2D eigenvalue weighted by Crippen LogP contribution is 2.33. The molecule has 0 spiro atoms. The molecule has 0 atom stereocenters. The lowest BCUT2D eigenvalue weighted by molar-refractivity contribution is 0.0997. The van der Waals surface area contributed by atoms with Crippen LogP contribution in [0.25, 0.3) is 11.4 Å². The Balaban J connectivity index is 1.51. The van der Waals surface area contributed by atoms with Gasteiger partial charge in [-0.1, -0.05) is 36.4 Å². The number of carbonyl (C=O) groups excluding carboxylic acids is 1. The average Bonchev–Trinajstić information content (AvgIpc) is 3.27. The Bertz CT molecular complexity index is 1160. The first-order valence-electron chi connectivity index (χ1n) is 9.64. The lowest BCUT2D eigenvalue weighted by Crippen LogP contribution is -2.26. The van der Waals surface area contributed by atoms with Crippen molar-refractivity contribution in [3.63, 3.8) is 0 Å². The Labute approximate surface area is 169 Å². The van der Waals surface area contributed by atoms with E-state index >= 15 is 0 Å². The Morgan fingerprint density at radius 1 is 1.07 bits per heavy atom. The Hall–Kier alpha value is -3.67. The molecule has 0 aliphatic carbocycles. The molecule has 2 aliphatic heterocycles. The fraction of sp³-hybridized carbons (Fsp3) is 0.174. The highest BCUT2D eigenvalue weighted by atomic mass is 16.2. The molecule has 29 heavy (non-hydrogen) atoms. The molecule has 0 bridgehead atoms. The number of fused-ring (bicyclic) bond motifs is 2. The molecule has 0 unspecified atom stereocenters. The first-order valence-corrected chi connectivity index (χ1v) is 9.64. The van der Waals surface area contributed by atoms with Crippen molar-refractivity contribution >= 4 is 11.6 Å². The monoisotopic (exact) mass is 383 g/mol. The number of amides is 1. The minimum absolute atomic E-state index is 0.0422. The molecule has 0 N–H and O–H groups in total. The average molecular weight is 383 g/mol. The molecule has 3 heterocycles. The lowest BCUT2D eigenvalue weighted by Gasteiger charge is -2.20. The molecule has 0 fully saturated rings. The van der Waals surface area contributed by atoms with Crippen LogP contribution in [0.15, 0.2) is 72.7 Å². The lowest BCUT2D eigenvalue weighted by atomic mass is 10.1. The molecule has 1 aromatic heterocycles. The Kier molecular flexibility index (Phi) is 4.05. The number of para-hydroxylation sites is 1. The van der Waals surface area contributed by atoms with E-state index in [-0.39, 0.29) is 5.91 Å². The molecule has 2 aliphatic rings. The van der Waals surface area contributed by atoms with Crippen LogP contribution in [0, 0.1) is 6.92 Å². The van der Waals surface area contributed by atoms with Gasteiger partial charge < -0.3 is 4.90 Å². The van der Waals surface area contributed by atoms with Gasteiger partial charge in [-0.3, -0.25) is 9.69 Å². The SMILES string of the molecule is Cc1nc(-c2ccc(C(=O)N3C=C4CC=CN4Cc4ccccc43)cc2)n(C)n1. The van der Waals surface area contributed by atoms with Gasteiger partial charge in [0, 0.05) is 49.2 Å². The number of aryl methyl sites for hydroxylation is 2. The van der Waals surface area contributed by atoms with Crippen LogP contribution in [0.1, 0.15) is 28.2 Å². The van der Waals surface area contributed by atoms with Gasteiger partial charge in [-0.05, 0) is 30.7 Å². The van der Waals surface area contributed by atoms with Gasteiger partial charge in [-0.25, -0.2) is 9.67 Å². The van der Waals surface area contributed by atoms with Crippen molar-refractivity contribution in [1.82, 2.24) is 19.7 Å². The van der Waals surface area contributed by atoms with Crippen molar-refractivity contribution in [2.24, 2.45) is 7.05 Å². The van der Waals surface area contributed by atoms with E-state index in [2.05, 4.69) is 33.3 Å². The standard InChI is InChI=1S/C23H21N5O/c1-16-24-22(26(2)25-16)17-9-11-18(12-10-17)23(29)28-15-20-7-5-13-27(20)14-19-6-3-4-8-21(19)28/h3-6,8-13,15H,7,14H2,1-2H3. The number of allylic oxidation sites excluding steroid dienone is 1. The maximum atomic E-state index is 13.4. The number of anilines is 1. The summed E-state index contributed by atoms with van der Waals surface area (Å²) in [6, 6.07) is 15.7. The molecule has 6 heteroatoms. The van der Waals surface area contributed by atoms with E-state index in [0.29, 0.717) is 5.56 Å². The molecular formula is C23H21N5O. The summed E-state index contributed by atoms with van der Waals surface area (Å²) in [5.41, 5.74) is 4.76. The topological polar surface area (TPSA) is 54.3 Å². The van der Waals surface area contributed by atoms with Crippen LogP contribution < -0.4 is 4.90 Å². The summed E-state index contributed by atoms with van der Waals surface area (Å²) in [5.74, 6) is 1.47. The van der Waals surface area contributed by atoms with E-state index in [9.17, 15) is 4.79 Å².